The van der Waals surface area contributed by atoms with Crippen LogP contribution in [0.4, 0.5) is 21.5 Å². The quantitative estimate of drug-likeness (QED) is 0.525. The highest BCUT2D eigenvalue weighted by Crippen LogP contribution is 2.32. The number of hydrogen-bond acceptors (Lipinski definition) is 4. The molecule has 1 aliphatic rings. The molecule has 0 aliphatic carbocycles. The van der Waals surface area contributed by atoms with E-state index in [4.69, 9.17) is 0 Å². The van der Waals surface area contributed by atoms with Crippen molar-refractivity contribution in [1.82, 2.24) is 4.90 Å². The van der Waals surface area contributed by atoms with Crippen LogP contribution in [-0.2, 0) is 4.79 Å². The molecule has 0 fully saturated rings. The first kappa shape index (κ1) is 17.9. The van der Waals surface area contributed by atoms with Crippen molar-refractivity contribution in [2.45, 2.75) is 6.42 Å². The van der Waals surface area contributed by atoms with Crippen LogP contribution in [0.25, 0.3) is 5.57 Å². The highest BCUT2D eigenvalue weighted by molar-refractivity contribution is 6.31. The number of benzene rings is 2. The van der Waals surface area contributed by atoms with Gasteiger partial charge in [-0.1, -0.05) is 0 Å². The Morgan fingerprint density at radius 3 is 2.58 bits per heavy atom. The first-order chi connectivity index (χ1) is 12.5. The van der Waals surface area contributed by atoms with E-state index in [1.54, 1.807) is 12.3 Å². The van der Waals surface area contributed by atoms with E-state index in [1.165, 1.54) is 12.1 Å². The minimum absolute atomic E-state index is 0.239. The topological polar surface area (TPSA) is 56.4 Å². The molecule has 1 amide bonds. The Bertz CT molecular complexity index is 815. The number of rotatable bonds is 7. The zero-order valence-corrected chi connectivity index (χ0v) is 15.0. The molecule has 0 radical (unpaired) electrons. The van der Waals surface area contributed by atoms with Crippen LogP contribution in [0.2, 0.25) is 0 Å². The van der Waals surface area contributed by atoms with Crippen molar-refractivity contribution in [2.75, 3.05) is 43.1 Å². The fourth-order valence-electron chi connectivity index (χ4n) is 2.77. The maximum Gasteiger partial charge on any atom is 0.257 e. The minimum atomic E-state index is -0.365. The number of anilines is 3. The van der Waals surface area contributed by atoms with Crippen molar-refractivity contribution in [3.8, 4) is 0 Å². The first-order valence-electron chi connectivity index (χ1n) is 8.59. The Kier molecular flexibility index (Phi) is 5.53. The number of amides is 1. The van der Waals surface area contributed by atoms with Gasteiger partial charge in [0.25, 0.3) is 5.91 Å². The molecule has 26 heavy (non-hydrogen) atoms. The van der Waals surface area contributed by atoms with E-state index >= 15 is 0 Å². The van der Waals surface area contributed by atoms with Crippen LogP contribution in [0.15, 0.2) is 48.7 Å². The summed E-state index contributed by atoms with van der Waals surface area (Å²) in [5, 5.41) is 9.21. The smallest absolute Gasteiger partial charge is 0.257 e. The molecule has 136 valence electrons. The van der Waals surface area contributed by atoms with Crippen molar-refractivity contribution >= 4 is 28.5 Å². The highest BCUT2D eigenvalue weighted by Gasteiger charge is 2.24. The van der Waals surface area contributed by atoms with Crippen LogP contribution < -0.4 is 16.0 Å². The fraction of sp³-hybridized carbons (Fsp3) is 0.250. The summed E-state index contributed by atoms with van der Waals surface area (Å²) in [7, 11) is 4.12. The molecule has 2 aromatic carbocycles. The second kappa shape index (κ2) is 8.01. The highest BCUT2D eigenvalue weighted by atomic mass is 19.1. The number of nitrogens with one attached hydrogen (secondary N) is 3. The number of hydrogen-bond donors (Lipinski definition) is 3. The number of carbonyl (C=O) groups is 1. The number of carbonyl (C=O) groups excluding carboxylic acids is 1. The Morgan fingerprint density at radius 1 is 1.12 bits per heavy atom. The lowest BCUT2D eigenvalue weighted by Crippen LogP contribution is -2.16. The molecular formula is C20H23FN4O. The van der Waals surface area contributed by atoms with Crippen LogP contribution in [-0.4, -0.2) is 38.0 Å². The van der Waals surface area contributed by atoms with Gasteiger partial charge in [-0.2, -0.15) is 0 Å². The molecular weight excluding hydrogens is 331 g/mol. The molecule has 3 rings (SSSR count). The number of halogens is 1. The summed E-state index contributed by atoms with van der Waals surface area (Å²) < 4.78 is 13.4. The average molecular weight is 354 g/mol. The Balaban J connectivity index is 1.61. The van der Waals surface area contributed by atoms with Gasteiger partial charge in [-0.25, -0.2) is 4.39 Å². The molecule has 3 N–H and O–H groups in total. The minimum Gasteiger partial charge on any atom is -0.385 e. The molecule has 0 spiro atoms. The summed E-state index contributed by atoms with van der Waals surface area (Å²) in [6, 6.07) is 12.1. The van der Waals surface area contributed by atoms with Crippen LogP contribution >= 0.6 is 0 Å². The van der Waals surface area contributed by atoms with Crippen molar-refractivity contribution in [2.24, 2.45) is 0 Å². The zero-order valence-electron chi connectivity index (χ0n) is 15.0. The molecule has 6 heteroatoms. The van der Waals surface area contributed by atoms with Crippen molar-refractivity contribution in [3.63, 3.8) is 0 Å². The molecule has 0 saturated heterocycles. The van der Waals surface area contributed by atoms with Gasteiger partial charge in [0.1, 0.15) is 5.82 Å². The molecule has 0 aromatic heterocycles. The van der Waals surface area contributed by atoms with E-state index in [2.05, 4.69) is 34.9 Å². The maximum absolute atomic E-state index is 13.4. The Labute approximate surface area is 152 Å². The largest absolute Gasteiger partial charge is 0.385 e. The number of fused-ring (bicyclic) bond motifs is 1. The van der Waals surface area contributed by atoms with Gasteiger partial charge in [0.05, 0.1) is 5.57 Å². The van der Waals surface area contributed by atoms with Gasteiger partial charge >= 0.3 is 0 Å². The van der Waals surface area contributed by atoms with Crippen LogP contribution in [0.3, 0.4) is 0 Å². The van der Waals surface area contributed by atoms with Crippen molar-refractivity contribution in [3.05, 3.63) is 60.0 Å². The van der Waals surface area contributed by atoms with Crippen LogP contribution in [0.5, 0.6) is 0 Å². The molecule has 1 heterocycles. The SMILES string of the molecule is CN(C)CCCNc1ccc(N/C=C2\C(=O)Nc3ccc(F)cc32)cc1. The fourth-order valence-corrected chi connectivity index (χ4v) is 2.77. The standard InChI is InChI=1S/C20H23FN4O/c1-25(2)11-3-10-22-15-5-7-16(8-6-15)23-13-18-17-12-14(21)4-9-19(17)24-20(18)26/h4-9,12-13,22-23H,3,10-11H2,1-2H3,(H,24,26)/b18-13-. The summed E-state index contributed by atoms with van der Waals surface area (Å²) >= 11 is 0. The van der Waals surface area contributed by atoms with E-state index in [-0.39, 0.29) is 11.7 Å². The van der Waals surface area contributed by atoms with Gasteiger partial charge < -0.3 is 20.9 Å². The first-order valence-corrected chi connectivity index (χ1v) is 8.59. The Morgan fingerprint density at radius 2 is 1.85 bits per heavy atom. The summed E-state index contributed by atoms with van der Waals surface area (Å²) in [6.07, 6.45) is 2.68. The summed E-state index contributed by atoms with van der Waals surface area (Å²) in [5.74, 6) is -0.604. The van der Waals surface area contributed by atoms with Crippen LogP contribution in [0, 0.1) is 5.82 Å². The van der Waals surface area contributed by atoms with Gasteiger partial charge in [0, 0.05) is 35.4 Å². The zero-order chi connectivity index (χ0) is 18.5. The lowest BCUT2D eigenvalue weighted by Gasteiger charge is -2.11. The monoisotopic (exact) mass is 354 g/mol. The summed E-state index contributed by atoms with van der Waals surface area (Å²) in [5.41, 5.74) is 3.52. The molecule has 5 nitrogen and oxygen atoms in total. The van der Waals surface area contributed by atoms with E-state index in [1.807, 2.05) is 24.3 Å². The third-order valence-corrected chi connectivity index (χ3v) is 4.14. The van der Waals surface area contributed by atoms with Gasteiger partial charge in [-0.15, -0.1) is 0 Å². The van der Waals surface area contributed by atoms with Crippen LogP contribution in [0.1, 0.15) is 12.0 Å². The van der Waals surface area contributed by atoms with Gasteiger partial charge in [-0.05, 0) is 69.5 Å². The second-order valence-corrected chi connectivity index (χ2v) is 6.51. The molecule has 2 aromatic rings. The van der Waals surface area contributed by atoms with Crippen molar-refractivity contribution < 1.29 is 9.18 Å². The third kappa shape index (κ3) is 4.40. The lowest BCUT2D eigenvalue weighted by molar-refractivity contribution is -0.110. The van der Waals surface area contributed by atoms with E-state index < -0.39 is 0 Å². The molecule has 1 aliphatic heterocycles. The van der Waals surface area contributed by atoms with Crippen molar-refractivity contribution in [1.29, 1.82) is 0 Å². The second-order valence-electron chi connectivity index (χ2n) is 6.51. The molecule has 0 atom stereocenters. The lowest BCUT2D eigenvalue weighted by atomic mass is 10.1. The molecule has 0 unspecified atom stereocenters. The summed E-state index contributed by atoms with van der Waals surface area (Å²) in [6.45, 7) is 1.96. The van der Waals surface area contributed by atoms with Gasteiger partial charge in [0.2, 0.25) is 0 Å². The van der Waals surface area contributed by atoms with E-state index in [9.17, 15) is 9.18 Å². The molecule has 0 saturated carbocycles. The predicted molar refractivity (Wildman–Crippen MR) is 105 cm³/mol. The average Bonchev–Trinajstić information content (AvgIpc) is 2.92. The van der Waals surface area contributed by atoms with E-state index in [0.29, 0.717) is 16.8 Å². The predicted octanol–water partition coefficient (Wildman–Crippen LogP) is 3.59. The Hall–Kier alpha value is -2.86. The number of nitrogens with zero attached hydrogens (tertiary/aromatic N) is 1. The molecule has 0 bridgehead atoms. The third-order valence-electron chi connectivity index (χ3n) is 4.14. The normalized spacial score (nSPS) is 14.5. The maximum atomic E-state index is 13.4. The van der Waals surface area contributed by atoms with Gasteiger partial charge in [0.15, 0.2) is 0 Å². The summed E-state index contributed by atoms with van der Waals surface area (Å²) in [4.78, 5) is 14.2. The van der Waals surface area contributed by atoms with E-state index in [0.717, 1.165) is 30.9 Å². The van der Waals surface area contributed by atoms with Gasteiger partial charge in [-0.3, -0.25) is 4.79 Å².